The number of rotatable bonds is 2. The summed E-state index contributed by atoms with van der Waals surface area (Å²) in [4.78, 5) is 11.4. The second-order valence-corrected chi connectivity index (χ2v) is 3.82. The van der Waals surface area contributed by atoms with Crippen LogP contribution in [0.4, 0.5) is 0 Å². The van der Waals surface area contributed by atoms with Crippen LogP contribution in [0.5, 0.6) is 0 Å². The third kappa shape index (κ3) is 5.03. The van der Waals surface area contributed by atoms with E-state index in [2.05, 4.69) is 17.4 Å². The predicted molar refractivity (Wildman–Crippen MR) is 67.8 cm³/mol. The Balaban J connectivity index is 0.000000811. The molecule has 3 heteroatoms. The van der Waals surface area contributed by atoms with Gasteiger partial charge in [0.1, 0.15) is 5.78 Å². The van der Waals surface area contributed by atoms with E-state index in [1.807, 2.05) is 32.0 Å². The van der Waals surface area contributed by atoms with Crippen molar-refractivity contribution in [1.82, 2.24) is 0 Å². The molecule has 1 aromatic rings. The first kappa shape index (κ1) is 17.7. The zero-order valence-corrected chi connectivity index (χ0v) is 16.2. The largest absolute Gasteiger partial charge is 1.00 e. The first-order valence-electron chi connectivity index (χ1n) is 5.97. The molecule has 1 heterocycles. The summed E-state index contributed by atoms with van der Waals surface area (Å²) in [6.07, 6.45) is 0. The number of Topliss-reactive ketones (excluding diaryl/α,β-unsaturated/α-hetero) is 1. The van der Waals surface area contributed by atoms with Crippen molar-refractivity contribution in [3.8, 4) is 0 Å². The smallest absolute Gasteiger partial charge is 0.661 e. The van der Waals surface area contributed by atoms with Gasteiger partial charge >= 0.3 is 58.2 Å². The van der Waals surface area contributed by atoms with E-state index in [4.69, 9.17) is 0 Å². The van der Waals surface area contributed by atoms with Crippen LogP contribution in [0.3, 0.4) is 0 Å². The summed E-state index contributed by atoms with van der Waals surface area (Å²) in [5.74, 6) is 0.686. The molecule has 0 radical (unpaired) electrons. The van der Waals surface area contributed by atoms with Crippen LogP contribution in [0.1, 0.15) is 32.3 Å². The van der Waals surface area contributed by atoms with Gasteiger partial charge in [0.2, 0.25) is 0 Å². The van der Waals surface area contributed by atoms with Gasteiger partial charge in [-0.15, -0.1) is 13.1 Å². The fourth-order valence-electron chi connectivity index (χ4n) is 2.06. The maximum atomic E-state index is 11.4. The van der Waals surface area contributed by atoms with Crippen molar-refractivity contribution >= 4 is 5.78 Å². The van der Waals surface area contributed by atoms with Crippen molar-refractivity contribution in [3.05, 3.63) is 41.2 Å². The van der Waals surface area contributed by atoms with Crippen LogP contribution < -0.4 is 58.2 Å². The second-order valence-electron chi connectivity index (χ2n) is 3.82. The van der Waals surface area contributed by atoms with Gasteiger partial charge in [0.15, 0.2) is 0 Å². The second kappa shape index (κ2) is 9.57. The Morgan fingerprint density at radius 3 is 2.29 bits per heavy atom. The number of carbonyl (C=O) groups is 1. The van der Waals surface area contributed by atoms with E-state index >= 15 is 0 Å². The van der Waals surface area contributed by atoms with Gasteiger partial charge in [-0.25, -0.2) is 0 Å². The van der Waals surface area contributed by atoms with Gasteiger partial charge in [-0.3, -0.25) is 4.79 Å². The van der Waals surface area contributed by atoms with Crippen LogP contribution in [0.2, 0.25) is 0 Å². The summed E-state index contributed by atoms with van der Waals surface area (Å²) in [5, 5.41) is 4.32. The number of benzene rings is 1. The van der Waals surface area contributed by atoms with Crippen LogP contribution in [0, 0.1) is 5.92 Å². The monoisotopic (exact) mass is 303 g/mol. The van der Waals surface area contributed by atoms with E-state index in [1.165, 1.54) is 5.56 Å². The number of ketones is 1. The summed E-state index contributed by atoms with van der Waals surface area (Å²) < 4.78 is 0. The first-order chi connectivity index (χ1) is 7.79. The van der Waals surface area contributed by atoms with Crippen molar-refractivity contribution in [2.45, 2.75) is 26.7 Å². The summed E-state index contributed by atoms with van der Waals surface area (Å²) in [6, 6.07) is 10.2. The third-order valence-electron chi connectivity index (χ3n) is 2.89. The normalized spacial score (nSPS) is 22.1. The van der Waals surface area contributed by atoms with E-state index in [0.29, 0.717) is 12.5 Å². The summed E-state index contributed by atoms with van der Waals surface area (Å²) >= 11 is 0. The van der Waals surface area contributed by atoms with Crippen molar-refractivity contribution in [2.24, 2.45) is 5.92 Å². The number of nitrogens with zero attached hydrogens (tertiary/aromatic N) is 1. The maximum absolute atomic E-state index is 11.4. The van der Waals surface area contributed by atoms with Crippen molar-refractivity contribution in [3.63, 3.8) is 0 Å². The average molecular weight is 304 g/mol. The third-order valence-corrected chi connectivity index (χ3v) is 2.89. The Bertz CT molecular complexity index is 326. The molecule has 1 aromatic carbocycles. The van der Waals surface area contributed by atoms with E-state index in [1.54, 1.807) is 6.92 Å². The Morgan fingerprint density at radius 1 is 1.18 bits per heavy atom. The number of hydrogen-bond donors (Lipinski definition) is 0. The van der Waals surface area contributed by atoms with Crippen molar-refractivity contribution in [2.75, 3.05) is 13.1 Å². The maximum Gasteiger partial charge on any atom is 1.00 e. The molecule has 0 aliphatic carbocycles. The summed E-state index contributed by atoms with van der Waals surface area (Å²) in [6.45, 7) is 7.17. The van der Waals surface area contributed by atoms with Gasteiger partial charge in [-0.05, 0) is 18.4 Å². The van der Waals surface area contributed by atoms with E-state index in [0.717, 1.165) is 6.54 Å². The Hall–Kier alpha value is 0.655. The molecule has 1 aliphatic heterocycles. The quantitative estimate of drug-likeness (QED) is 0.778. The summed E-state index contributed by atoms with van der Waals surface area (Å²) in [5.41, 5.74) is 1.24. The zero-order chi connectivity index (χ0) is 12.0. The Kier molecular flexibility index (Phi) is 9.94. The molecule has 0 saturated carbocycles. The molecule has 17 heavy (non-hydrogen) atoms. The molecular formula is C14H20NORb. The van der Waals surface area contributed by atoms with E-state index < -0.39 is 0 Å². The molecule has 1 aliphatic rings. The van der Waals surface area contributed by atoms with Gasteiger partial charge in [0, 0.05) is 5.92 Å². The van der Waals surface area contributed by atoms with Gasteiger partial charge in [0.25, 0.3) is 0 Å². The molecule has 2 unspecified atom stereocenters. The molecule has 0 amide bonds. The van der Waals surface area contributed by atoms with E-state index in [9.17, 15) is 4.79 Å². The molecule has 1 saturated heterocycles. The van der Waals surface area contributed by atoms with Crippen LogP contribution in [0.15, 0.2) is 30.3 Å². The molecule has 2 rings (SSSR count). The number of hydrogen-bond acceptors (Lipinski definition) is 1. The molecule has 0 bridgehead atoms. The topological polar surface area (TPSA) is 31.2 Å². The first-order valence-corrected chi connectivity index (χ1v) is 5.97. The van der Waals surface area contributed by atoms with Crippen molar-refractivity contribution in [1.29, 1.82) is 0 Å². The molecular weight excluding hydrogens is 284 g/mol. The minimum atomic E-state index is 0. The fourth-order valence-corrected chi connectivity index (χ4v) is 2.06. The predicted octanol–water partition coefficient (Wildman–Crippen LogP) is 0.393. The average Bonchev–Trinajstić information content (AvgIpc) is 2.82. The van der Waals surface area contributed by atoms with Gasteiger partial charge in [-0.1, -0.05) is 44.2 Å². The minimum absolute atomic E-state index is 0. The number of carbonyl (C=O) groups excluding carboxylic acids is 1. The van der Waals surface area contributed by atoms with Crippen LogP contribution in [0.25, 0.3) is 5.32 Å². The summed E-state index contributed by atoms with van der Waals surface area (Å²) in [7, 11) is 0. The van der Waals surface area contributed by atoms with Gasteiger partial charge in [0.05, 0.1) is 0 Å². The minimum Gasteiger partial charge on any atom is -0.661 e. The van der Waals surface area contributed by atoms with Crippen molar-refractivity contribution < 1.29 is 63.0 Å². The molecule has 1 fully saturated rings. The molecule has 2 nitrogen and oxygen atoms in total. The van der Waals surface area contributed by atoms with E-state index in [-0.39, 0.29) is 69.9 Å². The van der Waals surface area contributed by atoms with Crippen LogP contribution in [-0.2, 0) is 4.79 Å². The molecule has 0 aromatic heterocycles. The van der Waals surface area contributed by atoms with Gasteiger partial charge in [-0.2, -0.15) is 0 Å². The standard InChI is InChI=1S/C12H14NO.C2H6.Rb/c1-9(14)11-7-13-8-12(11)10-5-3-2-4-6-10;1-2;/h2-6,11-12H,7-8H2,1H3;1-2H3;/q-1;;+1. The van der Waals surface area contributed by atoms with Crippen LogP contribution >= 0.6 is 0 Å². The molecule has 0 spiro atoms. The van der Waals surface area contributed by atoms with Gasteiger partial charge < -0.3 is 5.32 Å². The fraction of sp³-hybridized carbons (Fsp3) is 0.500. The zero-order valence-electron chi connectivity index (χ0n) is 11.3. The van der Waals surface area contributed by atoms with Crippen LogP contribution in [-0.4, -0.2) is 18.9 Å². The molecule has 2 atom stereocenters. The Labute approximate surface area is 153 Å². The molecule has 88 valence electrons. The Morgan fingerprint density at radius 2 is 1.76 bits per heavy atom. The SMILES string of the molecule is CC.CC(=O)C1C[N-]CC1c1ccccc1.[Rb+]. The molecule has 0 N–H and O–H groups in total.